The summed E-state index contributed by atoms with van der Waals surface area (Å²) in [6, 6.07) is 7.32. The lowest BCUT2D eigenvalue weighted by atomic mass is 10.2. The van der Waals surface area contributed by atoms with Crippen LogP contribution in [0.5, 0.6) is 0 Å². The SMILES string of the molecule is CCC(C)CSCCC(=O)Nc1ccccc1N. The fourth-order valence-electron chi connectivity index (χ4n) is 1.39. The van der Waals surface area contributed by atoms with Crippen LogP contribution in [0.25, 0.3) is 0 Å². The predicted molar refractivity (Wildman–Crippen MR) is 80.9 cm³/mol. The molecule has 3 nitrogen and oxygen atoms in total. The van der Waals surface area contributed by atoms with Crippen molar-refractivity contribution in [1.29, 1.82) is 0 Å². The topological polar surface area (TPSA) is 55.1 Å². The molecule has 4 heteroatoms. The minimum absolute atomic E-state index is 0.0320. The van der Waals surface area contributed by atoms with Crippen molar-refractivity contribution in [2.24, 2.45) is 5.92 Å². The molecule has 0 radical (unpaired) electrons. The number of carbonyl (C=O) groups is 1. The minimum atomic E-state index is 0.0320. The Morgan fingerprint density at radius 2 is 2.17 bits per heavy atom. The molecule has 100 valence electrons. The van der Waals surface area contributed by atoms with Gasteiger partial charge in [0.25, 0.3) is 0 Å². The van der Waals surface area contributed by atoms with Gasteiger partial charge in [0.1, 0.15) is 0 Å². The maximum atomic E-state index is 11.7. The van der Waals surface area contributed by atoms with E-state index < -0.39 is 0 Å². The first-order valence-corrected chi connectivity index (χ1v) is 7.51. The summed E-state index contributed by atoms with van der Waals surface area (Å²) < 4.78 is 0. The van der Waals surface area contributed by atoms with E-state index in [2.05, 4.69) is 19.2 Å². The second-order valence-corrected chi connectivity index (χ2v) is 5.62. The Kier molecular flexibility index (Phi) is 6.65. The predicted octanol–water partition coefficient (Wildman–Crippen LogP) is 3.38. The number of hydrogen-bond acceptors (Lipinski definition) is 3. The van der Waals surface area contributed by atoms with Crippen LogP contribution < -0.4 is 11.1 Å². The second-order valence-electron chi connectivity index (χ2n) is 4.47. The van der Waals surface area contributed by atoms with E-state index in [1.807, 2.05) is 30.0 Å². The Morgan fingerprint density at radius 1 is 1.44 bits per heavy atom. The number of hydrogen-bond donors (Lipinski definition) is 2. The number of nitrogens with one attached hydrogen (secondary N) is 1. The number of para-hydroxylation sites is 2. The van der Waals surface area contributed by atoms with E-state index in [1.54, 1.807) is 6.07 Å². The Morgan fingerprint density at radius 3 is 2.83 bits per heavy atom. The summed E-state index contributed by atoms with van der Waals surface area (Å²) in [5.41, 5.74) is 7.07. The molecule has 0 aliphatic carbocycles. The maximum absolute atomic E-state index is 11.7. The van der Waals surface area contributed by atoms with E-state index in [-0.39, 0.29) is 5.91 Å². The van der Waals surface area contributed by atoms with Gasteiger partial charge < -0.3 is 11.1 Å². The quantitative estimate of drug-likeness (QED) is 0.587. The fraction of sp³-hybridized carbons (Fsp3) is 0.500. The molecular weight excluding hydrogens is 244 g/mol. The van der Waals surface area contributed by atoms with Gasteiger partial charge in [0.2, 0.25) is 5.91 Å². The number of nitrogens with two attached hydrogens (primary N) is 1. The molecule has 18 heavy (non-hydrogen) atoms. The number of anilines is 2. The van der Waals surface area contributed by atoms with E-state index in [1.165, 1.54) is 6.42 Å². The van der Waals surface area contributed by atoms with Gasteiger partial charge in [-0.25, -0.2) is 0 Å². The molecule has 1 amide bonds. The highest BCUT2D eigenvalue weighted by Crippen LogP contribution is 2.17. The van der Waals surface area contributed by atoms with E-state index in [4.69, 9.17) is 5.73 Å². The van der Waals surface area contributed by atoms with Crippen molar-refractivity contribution < 1.29 is 4.79 Å². The molecule has 0 heterocycles. The molecule has 0 bridgehead atoms. The Labute approximate surface area is 114 Å². The molecular formula is C14H22N2OS. The molecule has 1 rings (SSSR count). The zero-order valence-corrected chi connectivity index (χ0v) is 11.9. The van der Waals surface area contributed by atoms with E-state index in [9.17, 15) is 4.79 Å². The molecule has 3 N–H and O–H groups in total. The zero-order valence-electron chi connectivity index (χ0n) is 11.1. The molecule has 0 aliphatic heterocycles. The van der Waals surface area contributed by atoms with Crippen LogP contribution in [0.4, 0.5) is 11.4 Å². The number of benzene rings is 1. The average molecular weight is 266 g/mol. The van der Waals surface area contributed by atoms with Crippen molar-refractivity contribution in [3.05, 3.63) is 24.3 Å². The Hall–Kier alpha value is -1.16. The summed E-state index contributed by atoms with van der Waals surface area (Å²) in [6.07, 6.45) is 1.73. The summed E-state index contributed by atoms with van der Waals surface area (Å²) in [5.74, 6) is 2.74. The van der Waals surface area contributed by atoms with E-state index in [0.717, 1.165) is 17.4 Å². The van der Waals surface area contributed by atoms with Crippen LogP contribution in [-0.4, -0.2) is 17.4 Å². The van der Waals surface area contributed by atoms with Crippen LogP contribution in [0, 0.1) is 5.92 Å². The molecule has 0 aliphatic rings. The lowest BCUT2D eigenvalue weighted by Gasteiger charge is -2.09. The lowest BCUT2D eigenvalue weighted by molar-refractivity contribution is -0.115. The van der Waals surface area contributed by atoms with Crippen molar-refractivity contribution in [3.8, 4) is 0 Å². The van der Waals surface area contributed by atoms with Crippen molar-refractivity contribution in [2.75, 3.05) is 22.6 Å². The van der Waals surface area contributed by atoms with Crippen molar-refractivity contribution >= 4 is 29.0 Å². The van der Waals surface area contributed by atoms with Crippen LogP contribution in [0.15, 0.2) is 24.3 Å². The van der Waals surface area contributed by atoms with Gasteiger partial charge in [-0.15, -0.1) is 0 Å². The highest BCUT2D eigenvalue weighted by atomic mass is 32.2. The molecule has 1 aromatic rings. The van der Waals surface area contributed by atoms with Gasteiger partial charge in [-0.3, -0.25) is 4.79 Å². The molecule has 0 saturated carbocycles. The second kappa shape index (κ2) is 8.03. The third-order valence-corrected chi connectivity index (χ3v) is 4.11. The number of rotatable bonds is 7. The normalized spacial score (nSPS) is 12.1. The van der Waals surface area contributed by atoms with E-state index >= 15 is 0 Å². The third kappa shape index (κ3) is 5.45. The molecule has 0 fully saturated rings. The van der Waals surface area contributed by atoms with E-state index in [0.29, 0.717) is 17.8 Å². The summed E-state index contributed by atoms with van der Waals surface area (Å²) >= 11 is 1.84. The zero-order chi connectivity index (χ0) is 13.4. The lowest BCUT2D eigenvalue weighted by Crippen LogP contribution is -2.13. The summed E-state index contributed by atoms with van der Waals surface area (Å²) in [6.45, 7) is 4.42. The van der Waals surface area contributed by atoms with Crippen molar-refractivity contribution in [2.45, 2.75) is 26.7 Å². The number of thioether (sulfide) groups is 1. The molecule has 0 spiro atoms. The monoisotopic (exact) mass is 266 g/mol. The summed E-state index contributed by atoms with van der Waals surface area (Å²) in [5, 5.41) is 2.84. The molecule has 0 saturated heterocycles. The van der Waals surface area contributed by atoms with Crippen LogP contribution in [0.2, 0.25) is 0 Å². The van der Waals surface area contributed by atoms with Crippen LogP contribution >= 0.6 is 11.8 Å². The summed E-state index contributed by atoms with van der Waals surface area (Å²) in [7, 11) is 0. The van der Waals surface area contributed by atoms with Crippen molar-refractivity contribution in [1.82, 2.24) is 0 Å². The highest BCUT2D eigenvalue weighted by molar-refractivity contribution is 7.99. The highest BCUT2D eigenvalue weighted by Gasteiger charge is 2.05. The number of amides is 1. The van der Waals surface area contributed by atoms with Gasteiger partial charge in [-0.05, 0) is 23.8 Å². The van der Waals surface area contributed by atoms with Gasteiger partial charge in [-0.2, -0.15) is 11.8 Å². The molecule has 1 unspecified atom stereocenters. The van der Waals surface area contributed by atoms with Gasteiger partial charge >= 0.3 is 0 Å². The van der Waals surface area contributed by atoms with Gasteiger partial charge in [-0.1, -0.05) is 32.4 Å². The number of nitrogen functional groups attached to an aromatic ring is 1. The molecule has 1 atom stereocenters. The van der Waals surface area contributed by atoms with Crippen molar-refractivity contribution in [3.63, 3.8) is 0 Å². The van der Waals surface area contributed by atoms with Crippen LogP contribution in [-0.2, 0) is 4.79 Å². The third-order valence-electron chi connectivity index (χ3n) is 2.81. The molecule has 1 aromatic carbocycles. The fourth-order valence-corrected chi connectivity index (χ4v) is 2.53. The first-order valence-electron chi connectivity index (χ1n) is 6.35. The standard InChI is InChI=1S/C14H22N2OS/c1-3-11(2)10-18-9-8-14(17)16-13-7-5-4-6-12(13)15/h4-7,11H,3,8-10,15H2,1-2H3,(H,16,17). The Bertz CT molecular complexity index is 382. The molecule has 0 aromatic heterocycles. The van der Waals surface area contributed by atoms with Gasteiger partial charge in [0, 0.05) is 12.2 Å². The maximum Gasteiger partial charge on any atom is 0.225 e. The number of carbonyl (C=O) groups excluding carboxylic acids is 1. The van der Waals surface area contributed by atoms with Crippen LogP contribution in [0.1, 0.15) is 26.7 Å². The first-order chi connectivity index (χ1) is 8.63. The van der Waals surface area contributed by atoms with Crippen LogP contribution in [0.3, 0.4) is 0 Å². The first kappa shape index (κ1) is 14.9. The minimum Gasteiger partial charge on any atom is -0.397 e. The largest absolute Gasteiger partial charge is 0.397 e. The summed E-state index contributed by atoms with van der Waals surface area (Å²) in [4.78, 5) is 11.7. The Balaban J connectivity index is 2.24. The smallest absolute Gasteiger partial charge is 0.225 e. The average Bonchev–Trinajstić information content (AvgIpc) is 2.37. The van der Waals surface area contributed by atoms with Gasteiger partial charge in [0.05, 0.1) is 11.4 Å². The van der Waals surface area contributed by atoms with Gasteiger partial charge in [0.15, 0.2) is 0 Å².